The molecule has 0 atom stereocenters. The van der Waals surface area contributed by atoms with E-state index in [1.54, 1.807) is 11.5 Å². The van der Waals surface area contributed by atoms with Gasteiger partial charge in [0.2, 0.25) is 0 Å². The van der Waals surface area contributed by atoms with E-state index in [1.165, 1.54) is 11.3 Å². The second-order valence-electron chi connectivity index (χ2n) is 7.65. The summed E-state index contributed by atoms with van der Waals surface area (Å²) < 4.78 is 19.4. The largest absolute Gasteiger partial charge is 0.493 e. The van der Waals surface area contributed by atoms with Gasteiger partial charge in [-0.25, -0.2) is 9.38 Å². The normalized spacial score (nSPS) is 11.9. The molecule has 0 N–H and O–H groups in total. The van der Waals surface area contributed by atoms with Gasteiger partial charge in [-0.1, -0.05) is 41.1 Å². The van der Waals surface area contributed by atoms with E-state index in [9.17, 15) is 4.79 Å². The monoisotopic (exact) mass is 492 g/mol. The van der Waals surface area contributed by atoms with Crippen LogP contribution in [0.25, 0.3) is 22.1 Å². The maximum absolute atomic E-state index is 13.0. The van der Waals surface area contributed by atoms with Gasteiger partial charge in [0.05, 0.1) is 22.7 Å². The smallest absolute Gasteiger partial charge is 0.274 e. The van der Waals surface area contributed by atoms with Crippen LogP contribution in [0, 0.1) is 6.92 Å². The second kappa shape index (κ2) is 9.37. The van der Waals surface area contributed by atoms with E-state index in [0.717, 1.165) is 27.9 Å². The zero-order valence-electron chi connectivity index (χ0n) is 18.6. The molecule has 34 heavy (non-hydrogen) atoms. The predicted octanol–water partition coefficient (Wildman–Crippen LogP) is 4.89. The van der Waals surface area contributed by atoms with Crippen molar-refractivity contribution in [3.63, 3.8) is 0 Å². The molecule has 0 fully saturated rings. The summed E-state index contributed by atoms with van der Waals surface area (Å²) in [7, 11) is 1.59. The summed E-state index contributed by atoms with van der Waals surface area (Å²) in [5.74, 6) is 1.92. The van der Waals surface area contributed by atoms with E-state index in [-0.39, 0.29) is 5.56 Å². The molecule has 6 nitrogen and oxygen atoms in total. The quantitative estimate of drug-likeness (QED) is 0.303. The minimum absolute atomic E-state index is 0.0809. The van der Waals surface area contributed by atoms with Crippen LogP contribution >= 0.6 is 22.9 Å². The molecule has 2 heterocycles. The Labute approximate surface area is 204 Å². The van der Waals surface area contributed by atoms with Crippen LogP contribution in [0.5, 0.6) is 17.2 Å². The Kier molecular flexibility index (Phi) is 6.13. The van der Waals surface area contributed by atoms with Crippen molar-refractivity contribution >= 4 is 45.0 Å². The number of benzene rings is 3. The summed E-state index contributed by atoms with van der Waals surface area (Å²) in [4.78, 5) is 18.2. The van der Waals surface area contributed by atoms with Crippen LogP contribution in [0.15, 0.2) is 65.5 Å². The number of aromatic nitrogens is 2. The number of imidazole rings is 1. The highest BCUT2D eigenvalue weighted by atomic mass is 35.5. The molecule has 0 spiro atoms. The first-order chi connectivity index (χ1) is 16.5. The summed E-state index contributed by atoms with van der Waals surface area (Å²) in [6, 6.07) is 18.7. The van der Waals surface area contributed by atoms with Crippen LogP contribution in [0.4, 0.5) is 0 Å². The first-order valence-corrected chi connectivity index (χ1v) is 11.8. The van der Waals surface area contributed by atoms with Gasteiger partial charge < -0.3 is 14.2 Å². The topological polar surface area (TPSA) is 62.1 Å². The Balaban J connectivity index is 1.32. The fourth-order valence-electron chi connectivity index (χ4n) is 3.67. The average molecular weight is 493 g/mol. The third-order valence-corrected chi connectivity index (χ3v) is 6.76. The third kappa shape index (κ3) is 4.32. The molecule has 172 valence electrons. The molecule has 0 bridgehead atoms. The van der Waals surface area contributed by atoms with Crippen LogP contribution in [-0.4, -0.2) is 29.7 Å². The molecule has 0 aliphatic carbocycles. The molecule has 8 heteroatoms. The molecule has 0 amide bonds. The Morgan fingerprint density at radius 2 is 1.85 bits per heavy atom. The number of thiazole rings is 1. The summed E-state index contributed by atoms with van der Waals surface area (Å²) in [6.07, 6.45) is 1.84. The van der Waals surface area contributed by atoms with E-state index in [1.807, 2.05) is 73.7 Å². The van der Waals surface area contributed by atoms with Crippen molar-refractivity contribution in [3.8, 4) is 17.2 Å². The van der Waals surface area contributed by atoms with Gasteiger partial charge in [0.25, 0.3) is 5.56 Å². The molecule has 0 radical (unpaired) electrons. The van der Waals surface area contributed by atoms with Crippen molar-refractivity contribution in [2.24, 2.45) is 0 Å². The maximum Gasteiger partial charge on any atom is 0.274 e. The number of rotatable bonds is 7. The number of hydrogen-bond acceptors (Lipinski definition) is 6. The lowest BCUT2D eigenvalue weighted by molar-refractivity contribution is 0.211. The zero-order valence-corrected chi connectivity index (χ0v) is 20.2. The number of para-hydroxylation sites is 2. The van der Waals surface area contributed by atoms with Crippen LogP contribution in [-0.2, 0) is 0 Å². The lowest BCUT2D eigenvalue weighted by atomic mass is 10.2. The summed E-state index contributed by atoms with van der Waals surface area (Å²) in [6.45, 7) is 2.66. The van der Waals surface area contributed by atoms with Crippen molar-refractivity contribution in [1.29, 1.82) is 0 Å². The number of aryl methyl sites for hydroxylation is 1. The first kappa shape index (κ1) is 22.3. The first-order valence-electron chi connectivity index (χ1n) is 10.6. The van der Waals surface area contributed by atoms with Gasteiger partial charge in [0.1, 0.15) is 19.0 Å². The fourth-order valence-corrected chi connectivity index (χ4v) is 4.78. The lowest BCUT2D eigenvalue weighted by Crippen LogP contribution is -2.22. The number of fused-ring (bicyclic) bond motifs is 3. The van der Waals surface area contributed by atoms with E-state index in [4.69, 9.17) is 25.8 Å². The zero-order chi connectivity index (χ0) is 23.7. The fraction of sp³-hybridized carbons (Fsp3) is 0.154. The Hall–Kier alpha value is -3.55. The van der Waals surface area contributed by atoms with Gasteiger partial charge in [0.15, 0.2) is 16.5 Å². The van der Waals surface area contributed by atoms with Crippen LogP contribution in [0.1, 0.15) is 11.1 Å². The Bertz CT molecular complexity index is 1610. The molecular formula is C26H21ClN2O4S. The molecule has 0 aliphatic rings. The molecule has 0 unspecified atom stereocenters. The van der Waals surface area contributed by atoms with Gasteiger partial charge in [0, 0.05) is 5.02 Å². The van der Waals surface area contributed by atoms with E-state index in [2.05, 4.69) is 4.98 Å². The second-order valence-corrected chi connectivity index (χ2v) is 9.07. The van der Waals surface area contributed by atoms with E-state index < -0.39 is 0 Å². The molecular weight excluding hydrogens is 472 g/mol. The van der Waals surface area contributed by atoms with Crippen molar-refractivity contribution < 1.29 is 14.2 Å². The molecule has 0 saturated carbocycles. The summed E-state index contributed by atoms with van der Waals surface area (Å²) in [5.41, 5.74) is 3.35. The van der Waals surface area contributed by atoms with Gasteiger partial charge >= 0.3 is 0 Å². The molecule has 2 aromatic heterocycles. The van der Waals surface area contributed by atoms with E-state index in [0.29, 0.717) is 39.2 Å². The standard InChI is InChI=1S/C26H21ClN2O4S/c1-16-13-18(8-9-19(16)27)32-11-12-33-22-10-7-17(14-23(22)31-2)15-24-25(30)29-21-6-4-3-5-20(21)28-26(29)34-24/h3-10,13-15H,11-12H2,1-2H3/b24-15+. The predicted molar refractivity (Wildman–Crippen MR) is 136 cm³/mol. The lowest BCUT2D eigenvalue weighted by Gasteiger charge is -2.12. The SMILES string of the molecule is COc1cc(/C=c2/sc3nc4ccccc4n3c2=O)ccc1OCCOc1ccc(Cl)c(C)c1. The minimum Gasteiger partial charge on any atom is -0.493 e. The van der Waals surface area contributed by atoms with Gasteiger partial charge in [-0.05, 0) is 66.6 Å². The van der Waals surface area contributed by atoms with Crippen molar-refractivity contribution in [1.82, 2.24) is 9.38 Å². The summed E-state index contributed by atoms with van der Waals surface area (Å²) >= 11 is 7.41. The number of methoxy groups -OCH3 is 1. The molecule has 0 saturated heterocycles. The van der Waals surface area contributed by atoms with E-state index >= 15 is 0 Å². The highest BCUT2D eigenvalue weighted by Gasteiger charge is 2.11. The van der Waals surface area contributed by atoms with Crippen LogP contribution in [0.3, 0.4) is 0 Å². The Morgan fingerprint density at radius 3 is 2.68 bits per heavy atom. The number of halogens is 1. The van der Waals surface area contributed by atoms with Crippen LogP contribution < -0.4 is 24.3 Å². The highest BCUT2D eigenvalue weighted by Crippen LogP contribution is 2.28. The average Bonchev–Trinajstić information content (AvgIpc) is 3.35. The van der Waals surface area contributed by atoms with Crippen LogP contribution in [0.2, 0.25) is 5.02 Å². The van der Waals surface area contributed by atoms with Gasteiger partial charge in [-0.3, -0.25) is 4.79 Å². The van der Waals surface area contributed by atoms with Crippen molar-refractivity contribution in [2.45, 2.75) is 6.92 Å². The molecule has 0 aliphatic heterocycles. The maximum atomic E-state index is 13.0. The highest BCUT2D eigenvalue weighted by molar-refractivity contribution is 7.15. The number of nitrogens with zero attached hydrogens (tertiary/aromatic N) is 2. The van der Waals surface area contributed by atoms with Gasteiger partial charge in [-0.2, -0.15) is 0 Å². The summed E-state index contributed by atoms with van der Waals surface area (Å²) in [5, 5.41) is 0.708. The molecule has 5 aromatic rings. The minimum atomic E-state index is -0.0809. The molecule has 5 rings (SSSR count). The van der Waals surface area contributed by atoms with Gasteiger partial charge in [-0.15, -0.1) is 0 Å². The van der Waals surface area contributed by atoms with Crippen molar-refractivity contribution in [3.05, 3.63) is 91.7 Å². The molecule has 3 aromatic carbocycles. The Morgan fingerprint density at radius 1 is 1.03 bits per heavy atom. The van der Waals surface area contributed by atoms with Crippen molar-refractivity contribution in [2.75, 3.05) is 20.3 Å². The third-order valence-electron chi connectivity index (χ3n) is 5.37. The number of hydrogen-bond donors (Lipinski definition) is 0. The number of ether oxygens (including phenoxy) is 3.